The number of nitrogens with one attached hydrogen (secondary N) is 1. The molecule has 3 N–H and O–H groups in total. The van der Waals surface area contributed by atoms with Crippen molar-refractivity contribution in [2.24, 2.45) is 0 Å². The summed E-state index contributed by atoms with van der Waals surface area (Å²) in [5.41, 5.74) is 1.59. The Kier molecular flexibility index (Phi) is 15.3. The molecule has 2 rings (SSSR count). The number of nitrogens with zero attached hydrogens (tertiary/aromatic N) is 1. The van der Waals surface area contributed by atoms with Crippen LogP contribution in [-0.2, 0) is 33.1 Å². The Morgan fingerprint density at radius 1 is 0.875 bits per heavy atom. The number of aromatic amines is 1. The van der Waals surface area contributed by atoms with Gasteiger partial charge in [-0.3, -0.25) is 9.11 Å². The number of fused-ring (bicyclic) bond motifs is 1. The zero-order valence-corrected chi connectivity index (χ0v) is 26.6. The molecule has 0 bridgehead atoms. The molecule has 0 aliphatic heterocycles. The van der Waals surface area contributed by atoms with Gasteiger partial charge in [-0.05, 0) is 48.2 Å². The van der Waals surface area contributed by atoms with Crippen molar-refractivity contribution in [1.29, 1.82) is 0 Å². The van der Waals surface area contributed by atoms with Gasteiger partial charge in [0.2, 0.25) is 0 Å². The smallest absolute Gasteiger partial charge is 0.294 e. The molecule has 0 amide bonds. The molecule has 1 atom stereocenters. The summed E-state index contributed by atoms with van der Waals surface area (Å²) in [7, 11) is -8.60. The molecule has 0 aliphatic rings. The van der Waals surface area contributed by atoms with Crippen molar-refractivity contribution >= 4 is 48.4 Å². The SMILES string of the molecule is CCCCCCCCCCCCCCCC(=S)Cc1cc(S(=O)(=O)O)cc2[nH]c(CCC(CC)S(=O)(=O)O)nc12. The maximum atomic E-state index is 11.9. The van der Waals surface area contributed by atoms with Crippen LogP contribution >= 0.6 is 12.2 Å². The monoisotopic (exact) mass is 616 g/mol. The van der Waals surface area contributed by atoms with Crippen LogP contribution in [0.15, 0.2) is 17.0 Å². The minimum atomic E-state index is -4.44. The predicted molar refractivity (Wildman–Crippen MR) is 166 cm³/mol. The van der Waals surface area contributed by atoms with E-state index in [0.717, 1.165) is 24.1 Å². The number of hydrogen-bond donors (Lipinski definition) is 3. The lowest BCUT2D eigenvalue weighted by atomic mass is 10.0. The van der Waals surface area contributed by atoms with Gasteiger partial charge in [-0.1, -0.05) is 103 Å². The minimum absolute atomic E-state index is 0.174. The molecular formula is C29H48N2O6S3. The van der Waals surface area contributed by atoms with Gasteiger partial charge in [0.05, 0.1) is 21.2 Å². The summed E-state index contributed by atoms with van der Waals surface area (Å²) in [5.74, 6) is 0.480. The van der Waals surface area contributed by atoms with Crippen LogP contribution in [0.1, 0.15) is 128 Å². The number of aryl methyl sites for hydroxylation is 1. The molecule has 0 saturated heterocycles. The first-order valence-electron chi connectivity index (χ1n) is 14.9. The summed E-state index contributed by atoms with van der Waals surface area (Å²) >= 11 is 5.63. The van der Waals surface area contributed by atoms with Crippen molar-refractivity contribution in [3.8, 4) is 0 Å². The number of rotatable bonds is 22. The standard InChI is InChI=1S/C29H48N2O6S3/c1-3-5-6-7-8-9-10-11-12-13-14-15-16-17-24(38)20-23-21-26(40(35,36)37)22-27-29(23)31-28(30-27)19-18-25(4-2)39(32,33)34/h21-22,25H,3-20H2,1-2H3,(H,30,31)(H,32,33,34)(H,35,36,37). The lowest BCUT2D eigenvalue weighted by molar-refractivity contribution is 0.458. The van der Waals surface area contributed by atoms with Crippen LogP contribution < -0.4 is 0 Å². The summed E-state index contributed by atoms with van der Waals surface area (Å²) in [6, 6.07) is 2.73. The molecule has 0 spiro atoms. The molecule has 228 valence electrons. The summed E-state index contributed by atoms with van der Waals surface area (Å²) in [4.78, 5) is 8.19. The quantitative estimate of drug-likeness (QED) is 0.0692. The molecule has 8 nitrogen and oxygen atoms in total. The number of unbranched alkanes of at least 4 members (excludes halogenated alkanes) is 12. The third-order valence-corrected chi connectivity index (χ3v) is 10.1. The van der Waals surface area contributed by atoms with Gasteiger partial charge in [-0.2, -0.15) is 16.8 Å². The molecule has 0 saturated carbocycles. The average Bonchev–Trinajstić information content (AvgIpc) is 3.29. The van der Waals surface area contributed by atoms with Gasteiger partial charge in [0, 0.05) is 12.8 Å². The third kappa shape index (κ3) is 12.6. The second-order valence-electron chi connectivity index (χ2n) is 10.9. The maximum Gasteiger partial charge on any atom is 0.294 e. The Labute approximate surface area is 246 Å². The van der Waals surface area contributed by atoms with Crippen LogP contribution in [0.5, 0.6) is 0 Å². The second kappa shape index (κ2) is 17.5. The van der Waals surface area contributed by atoms with Crippen molar-refractivity contribution < 1.29 is 25.9 Å². The van der Waals surface area contributed by atoms with Crippen LogP contribution in [0.3, 0.4) is 0 Å². The molecule has 0 fully saturated rings. The number of hydrogen-bond acceptors (Lipinski definition) is 6. The first-order chi connectivity index (χ1) is 19.0. The van der Waals surface area contributed by atoms with Crippen molar-refractivity contribution in [2.45, 2.75) is 140 Å². The minimum Gasteiger partial charge on any atom is -0.342 e. The second-order valence-corrected chi connectivity index (χ2v) is 14.6. The van der Waals surface area contributed by atoms with E-state index in [1.54, 1.807) is 6.92 Å². The Morgan fingerprint density at radius 2 is 1.43 bits per heavy atom. The van der Waals surface area contributed by atoms with Gasteiger partial charge < -0.3 is 4.98 Å². The van der Waals surface area contributed by atoms with E-state index in [-0.39, 0.29) is 24.2 Å². The fourth-order valence-corrected chi connectivity index (χ4v) is 6.81. The first-order valence-corrected chi connectivity index (χ1v) is 18.3. The van der Waals surface area contributed by atoms with Crippen LogP contribution in [-0.4, -0.2) is 46.0 Å². The highest BCUT2D eigenvalue weighted by molar-refractivity contribution is 7.86. The van der Waals surface area contributed by atoms with Gasteiger partial charge in [0.15, 0.2) is 0 Å². The molecule has 1 aromatic heterocycles. The van der Waals surface area contributed by atoms with E-state index in [9.17, 15) is 25.9 Å². The molecule has 1 aromatic carbocycles. The van der Waals surface area contributed by atoms with E-state index in [1.807, 2.05) is 0 Å². The largest absolute Gasteiger partial charge is 0.342 e. The third-order valence-electron chi connectivity index (χ3n) is 7.51. The molecule has 40 heavy (non-hydrogen) atoms. The Hall–Kier alpha value is -1.40. The highest BCUT2D eigenvalue weighted by atomic mass is 32.2. The molecule has 2 aromatic rings. The number of thiocarbonyl (C=S) groups is 1. The summed E-state index contributed by atoms with van der Waals surface area (Å²) < 4.78 is 65.9. The van der Waals surface area contributed by atoms with Gasteiger partial charge in [0.1, 0.15) is 5.82 Å². The van der Waals surface area contributed by atoms with Crippen molar-refractivity contribution in [2.75, 3.05) is 0 Å². The topological polar surface area (TPSA) is 137 Å². The predicted octanol–water partition coefficient (Wildman–Crippen LogP) is 7.80. The van der Waals surface area contributed by atoms with E-state index in [0.29, 0.717) is 28.8 Å². The Bertz CT molecular complexity index is 1270. The summed E-state index contributed by atoms with van der Waals surface area (Å²) in [5, 5.41) is -0.901. The van der Waals surface area contributed by atoms with Crippen LogP contribution in [0, 0.1) is 0 Å². The van der Waals surface area contributed by atoms with Gasteiger partial charge in [-0.15, -0.1) is 0 Å². The Balaban J connectivity index is 1.86. The summed E-state index contributed by atoms with van der Waals surface area (Å²) in [6.07, 6.45) is 18.4. The van der Waals surface area contributed by atoms with Crippen molar-refractivity contribution in [3.05, 3.63) is 23.5 Å². The number of H-pyrrole nitrogens is 1. The highest BCUT2D eigenvalue weighted by Crippen LogP contribution is 2.25. The zero-order chi connectivity index (χ0) is 29.6. The molecule has 1 unspecified atom stereocenters. The highest BCUT2D eigenvalue weighted by Gasteiger charge is 2.22. The molecular weight excluding hydrogens is 569 g/mol. The van der Waals surface area contributed by atoms with Crippen LogP contribution in [0.25, 0.3) is 11.0 Å². The number of benzene rings is 1. The average molecular weight is 617 g/mol. The van der Waals surface area contributed by atoms with E-state index in [4.69, 9.17) is 12.2 Å². The normalized spacial score (nSPS) is 13.2. The zero-order valence-electron chi connectivity index (χ0n) is 24.2. The number of aromatic nitrogens is 2. The lowest BCUT2D eigenvalue weighted by Crippen LogP contribution is -2.20. The lowest BCUT2D eigenvalue weighted by Gasteiger charge is -2.09. The van der Waals surface area contributed by atoms with Crippen LogP contribution in [0.2, 0.25) is 0 Å². The molecule has 0 radical (unpaired) electrons. The molecule has 11 heteroatoms. The summed E-state index contributed by atoms with van der Waals surface area (Å²) in [6.45, 7) is 3.93. The van der Waals surface area contributed by atoms with Gasteiger partial charge in [-0.25, -0.2) is 4.98 Å². The van der Waals surface area contributed by atoms with Crippen LogP contribution in [0.4, 0.5) is 0 Å². The van der Waals surface area contributed by atoms with E-state index in [2.05, 4.69) is 16.9 Å². The Morgan fingerprint density at radius 3 is 1.93 bits per heavy atom. The van der Waals surface area contributed by atoms with E-state index >= 15 is 0 Å². The molecule has 1 heterocycles. The van der Waals surface area contributed by atoms with Gasteiger partial charge in [0.25, 0.3) is 20.2 Å². The number of imidazole rings is 1. The van der Waals surface area contributed by atoms with E-state index < -0.39 is 25.5 Å². The molecule has 0 aliphatic carbocycles. The fraction of sp³-hybridized carbons (Fsp3) is 0.724. The van der Waals surface area contributed by atoms with E-state index in [1.165, 1.54) is 82.8 Å². The fourth-order valence-electron chi connectivity index (χ4n) is 5.12. The first kappa shape index (κ1) is 34.8. The van der Waals surface area contributed by atoms with Gasteiger partial charge >= 0.3 is 0 Å². The van der Waals surface area contributed by atoms with Crippen molar-refractivity contribution in [3.63, 3.8) is 0 Å². The van der Waals surface area contributed by atoms with Crippen molar-refractivity contribution in [1.82, 2.24) is 9.97 Å². The maximum absolute atomic E-state index is 11.9.